The minimum absolute atomic E-state index is 0.0665. The van der Waals surface area contributed by atoms with E-state index in [1.54, 1.807) is 0 Å². The molecule has 1 heterocycles. The van der Waals surface area contributed by atoms with Gasteiger partial charge in [-0.3, -0.25) is 0 Å². The van der Waals surface area contributed by atoms with Gasteiger partial charge in [0, 0.05) is 18.6 Å². The number of hydrogen-bond acceptors (Lipinski definition) is 2. The summed E-state index contributed by atoms with van der Waals surface area (Å²) in [7, 11) is 0. The standard InChI is InChI=1S/C15H29NO/c1-14(2,13-17)12-16-10-8-15(9-11-16)6-4-3-5-7-15/h17H,3-13H2,1-2H3. The van der Waals surface area contributed by atoms with Gasteiger partial charge in [-0.15, -0.1) is 0 Å². The average molecular weight is 239 g/mol. The third-order valence-electron chi connectivity index (χ3n) is 4.91. The molecule has 1 aliphatic heterocycles. The van der Waals surface area contributed by atoms with E-state index in [1.165, 1.54) is 58.0 Å². The highest BCUT2D eigenvalue weighted by atomic mass is 16.3. The third-order valence-corrected chi connectivity index (χ3v) is 4.91. The van der Waals surface area contributed by atoms with Crippen LogP contribution in [0.1, 0.15) is 58.8 Å². The Morgan fingerprint density at radius 3 is 2.12 bits per heavy atom. The molecule has 1 N–H and O–H groups in total. The zero-order chi connectivity index (χ0) is 12.4. The zero-order valence-electron chi connectivity index (χ0n) is 11.7. The molecule has 0 amide bonds. The molecule has 0 aromatic carbocycles. The SMILES string of the molecule is CC(C)(CO)CN1CCC2(CCCCC2)CC1. The van der Waals surface area contributed by atoms with Crippen LogP contribution in [-0.4, -0.2) is 36.2 Å². The van der Waals surface area contributed by atoms with E-state index in [2.05, 4.69) is 18.7 Å². The van der Waals surface area contributed by atoms with Gasteiger partial charge >= 0.3 is 0 Å². The smallest absolute Gasteiger partial charge is 0.0494 e. The lowest BCUT2D eigenvalue weighted by atomic mass is 9.68. The number of aliphatic hydroxyl groups excluding tert-OH is 1. The minimum atomic E-state index is 0.0665. The number of hydrogen-bond donors (Lipinski definition) is 1. The lowest BCUT2D eigenvalue weighted by Gasteiger charge is -2.45. The van der Waals surface area contributed by atoms with E-state index in [0.29, 0.717) is 12.0 Å². The zero-order valence-corrected chi connectivity index (χ0v) is 11.7. The maximum Gasteiger partial charge on any atom is 0.0494 e. The van der Waals surface area contributed by atoms with Crippen molar-refractivity contribution in [3.63, 3.8) is 0 Å². The van der Waals surface area contributed by atoms with Crippen LogP contribution in [0.25, 0.3) is 0 Å². The summed E-state index contributed by atoms with van der Waals surface area (Å²) in [4.78, 5) is 2.57. The van der Waals surface area contributed by atoms with Crippen molar-refractivity contribution in [3.8, 4) is 0 Å². The molecule has 0 atom stereocenters. The normalized spacial score (nSPS) is 26.3. The molecule has 1 aliphatic carbocycles. The summed E-state index contributed by atoms with van der Waals surface area (Å²) in [6.07, 6.45) is 10.1. The molecule has 2 fully saturated rings. The van der Waals surface area contributed by atoms with Gasteiger partial charge < -0.3 is 10.0 Å². The van der Waals surface area contributed by atoms with Gasteiger partial charge in [0.1, 0.15) is 0 Å². The molecule has 1 saturated carbocycles. The second-order valence-electron chi connectivity index (χ2n) is 7.16. The molecular weight excluding hydrogens is 210 g/mol. The Labute approximate surface area is 106 Å². The van der Waals surface area contributed by atoms with Gasteiger partial charge in [0.15, 0.2) is 0 Å². The fourth-order valence-electron chi connectivity index (χ4n) is 3.64. The van der Waals surface area contributed by atoms with Gasteiger partial charge in [0.2, 0.25) is 0 Å². The van der Waals surface area contributed by atoms with E-state index in [4.69, 9.17) is 0 Å². The first kappa shape index (κ1) is 13.4. The Balaban J connectivity index is 1.81. The lowest BCUT2D eigenvalue weighted by Crippen LogP contribution is -2.45. The van der Waals surface area contributed by atoms with Gasteiger partial charge in [0.25, 0.3) is 0 Å². The molecule has 0 aromatic heterocycles. The second kappa shape index (κ2) is 5.27. The van der Waals surface area contributed by atoms with Crippen molar-refractivity contribution in [3.05, 3.63) is 0 Å². The van der Waals surface area contributed by atoms with Crippen LogP contribution in [0.5, 0.6) is 0 Å². The third kappa shape index (κ3) is 3.45. The van der Waals surface area contributed by atoms with Gasteiger partial charge in [-0.25, -0.2) is 0 Å². The van der Waals surface area contributed by atoms with Crippen LogP contribution in [0, 0.1) is 10.8 Å². The summed E-state index contributed by atoms with van der Waals surface area (Å²) in [5, 5.41) is 9.34. The Morgan fingerprint density at radius 1 is 1.00 bits per heavy atom. The summed E-state index contributed by atoms with van der Waals surface area (Å²) >= 11 is 0. The van der Waals surface area contributed by atoms with E-state index >= 15 is 0 Å². The van der Waals surface area contributed by atoms with Crippen molar-refractivity contribution >= 4 is 0 Å². The van der Waals surface area contributed by atoms with Crippen LogP contribution in [0.4, 0.5) is 0 Å². The first-order valence-electron chi connectivity index (χ1n) is 7.39. The first-order valence-corrected chi connectivity index (χ1v) is 7.39. The number of piperidine rings is 1. The molecule has 2 aliphatic rings. The highest BCUT2D eigenvalue weighted by molar-refractivity contribution is 4.89. The van der Waals surface area contributed by atoms with E-state index in [1.807, 2.05) is 0 Å². The largest absolute Gasteiger partial charge is 0.396 e. The number of aliphatic hydroxyl groups is 1. The highest BCUT2D eigenvalue weighted by Gasteiger charge is 2.36. The summed E-state index contributed by atoms with van der Waals surface area (Å²) in [5.74, 6) is 0. The number of nitrogens with zero attached hydrogens (tertiary/aromatic N) is 1. The van der Waals surface area contributed by atoms with Crippen LogP contribution >= 0.6 is 0 Å². The lowest BCUT2D eigenvalue weighted by molar-refractivity contribution is 0.0340. The molecular formula is C15H29NO. The molecule has 0 aromatic rings. The fraction of sp³-hybridized carbons (Fsp3) is 1.00. The van der Waals surface area contributed by atoms with Gasteiger partial charge in [0.05, 0.1) is 0 Å². The van der Waals surface area contributed by atoms with Crippen LogP contribution in [-0.2, 0) is 0 Å². The molecule has 1 saturated heterocycles. The Kier molecular flexibility index (Phi) is 4.14. The Morgan fingerprint density at radius 2 is 1.59 bits per heavy atom. The van der Waals surface area contributed by atoms with Gasteiger partial charge in [-0.2, -0.15) is 0 Å². The highest BCUT2D eigenvalue weighted by Crippen LogP contribution is 2.44. The quantitative estimate of drug-likeness (QED) is 0.818. The van der Waals surface area contributed by atoms with E-state index in [-0.39, 0.29) is 5.41 Å². The monoisotopic (exact) mass is 239 g/mol. The number of rotatable bonds is 3. The molecule has 2 rings (SSSR count). The number of likely N-dealkylation sites (tertiary alicyclic amines) is 1. The predicted octanol–water partition coefficient (Wildman–Crippen LogP) is 3.05. The van der Waals surface area contributed by atoms with Crippen molar-refractivity contribution in [2.45, 2.75) is 58.8 Å². The van der Waals surface area contributed by atoms with Crippen LogP contribution in [0.3, 0.4) is 0 Å². The molecule has 0 bridgehead atoms. The van der Waals surface area contributed by atoms with Crippen molar-refractivity contribution in [2.24, 2.45) is 10.8 Å². The molecule has 17 heavy (non-hydrogen) atoms. The fourth-order valence-corrected chi connectivity index (χ4v) is 3.64. The van der Waals surface area contributed by atoms with Crippen LogP contribution in [0.2, 0.25) is 0 Å². The predicted molar refractivity (Wildman–Crippen MR) is 72.1 cm³/mol. The topological polar surface area (TPSA) is 23.5 Å². The first-order chi connectivity index (χ1) is 8.05. The van der Waals surface area contributed by atoms with Crippen molar-refractivity contribution in [2.75, 3.05) is 26.2 Å². The maximum atomic E-state index is 9.34. The van der Waals surface area contributed by atoms with Crippen LogP contribution in [0.15, 0.2) is 0 Å². The second-order valence-corrected chi connectivity index (χ2v) is 7.16. The van der Waals surface area contributed by atoms with Crippen molar-refractivity contribution in [1.29, 1.82) is 0 Å². The molecule has 0 unspecified atom stereocenters. The molecule has 100 valence electrons. The summed E-state index contributed by atoms with van der Waals surface area (Å²) in [6.45, 7) is 8.19. The summed E-state index contributed by atoms with van der Waals surface area (Å²) < 4.78 is 0. The molecule has 2 heteroatoms. The van der Waals surface area contributed by atoms with Crippen molar-refractivity contribution < 1.29 is 5.11 Å². The average Bonchev–Trinajstić information content (AvgIpc) is 2.34. The Bertz CT molecular complexity index is 233. The molecule has 2 nitrogen and oxygen atoms in total. The minimum Gasteiger partial charge on any atom is -0.396 e. The van der Waals surface area contributed by atoms with Crippen molar-refractivity contribution in [1.82, 2.24) is 4.90 Å². The summed E-state index contributed by atoms with van der Waals surface area (Å²) in [6, 6.07) is 0. The van der Waals surface area contributed by atoms with E-state index in [9.17, 15) is 5.11 Å². The van der Waals surface area contributed by atoms with Crippen LogP contribution < -0.4 is 0 Å². The summed E-state index contributed by atoms with van der Waals surface area (Å²) in [5.41, 5.74) is 0.773. The van der Waals surface area contributed by atoms with E-state index < -0.39 is 0 Å². The van der Waals surface area contributed by atoms with E-state index in [0.717, 1.165) is 6.54 Å². The van der Waals surface area contributed by atoms with Gasteiger partial charge in [-0.1, -0.05) is 33.1 Å². The maximum absolute atomic E-state index is 9.34. The molecule has 0 radical (unpaired) electrons. The molecule has 1 spiro atoms. The Hall–Kier alpha value is -0.0800. The van der Waals surface area contributed by atoms with Gasteiger partial charge in [-0.05, 0) is 44.2 Å².